The molecule has 0 unspecified atom stereocenters. The number of nitrogens with zero attached hydrogens (tertiary/aromatic N) is 1. The number of benzene rings is 1. The second-order valence-electron chi connectivity index (χ2n) is 5.05. The molecule has 0 aliphatic rings. The minimum absolute atomic E-state index is 0.134. The van der Waals surface area contributed by atoms with Crippen LogP contribution in [0.4, 0.5) is 11.6 Å². The van der Waals surface area contributed by atoms with Gasteiger partial charge in [0.15, 0.2) is 5.76 Å². The molecule has 0 atom stereocenters. The number of nitrogens with one attached hydrogen (secondary N) is 1. The Balaban J connectivity index is 2.12. The number of carbonyl (C=O) groups excluding carboxylic acids is 1. The second-order valence-corrected chi connectivity index (χ2v) is 5.05. The van der Waals surface area contributed by atoms with Gasteiger partial charge in [-0.3, -0.25) is 14.9 Å². The van der Waals surface area contributed by atoms with E-state index in [9.17, 15) is 14.9 Å². The number of carbonyl (C=O) groups is 1. The lowest BCUT2D eigenvalue weighted by Crippen LogP contribution is -2.13. The zero-order valence-electron chi connectivity index (χ0n) is 12.2. The molecule has 1 heterocycles. The minimum atomic E-state index is -0.698. The van der Waals surface area contributed by atoms with Gasteiger partial charge in [-0.05, 0) is 24.1 Å². The Morgan fingerprint density at radius 2 is 2.05 bits per heavy atom. The summed E-state index contributed by atoms with van der Waals surface area (Å²) in [4.78, 5) is 21.9. The number of furan rings is 1. The van der Waals surface area contributed by atoms with Crippen molar-refractivity contribution in [3.63, 3.8) is 0 Å². The third-order valence-corrected chi connectivity index (χ3v) is 2.70. The van der Waals surface area contributed by atoms with Crippen LogP contribution in [0.3, 0.4) is 0 Å². The maximum absolute atomic E-state index is 12.1. The molecule has 0 saturated heterocycles. The summed E-state index contributed by atoms with van der Waals surface area (Å²) >= 11 is 0. The fourth-order valence-corrected chi connectivity index (χ4v) is 1.68. The van der Waals surface area contributed by atoms with E-state index in [0.29, 0.717) is 24.0 Å². The molecule has 0 saturated carbocycles. The topological polar surface area (TPSA) is 94.6 Å². The highest BCUT2D eigenvalue weighted by molar-refractivity contribution is 6.03. The average Bonchev–Trinajstić information content (AvgIpc) is 2.96. The number of rotatable bonds is 6. The molecule has 2 aromatic rings. The van der Waals surface area contributed by atoms with E-state index >= 15 is 0 Å². The van der Waals surface area contributed by atoms with Crippen molar-refractivity contribution in [2.45, 2.75) is 13.8 Å². The van der Waals surface area contributed by atoms with Gasteiger partial charge in [-0.2, -0.15) is 0 Å². The van der Waals surface area contributed by atoms with E-state index < -0.39 is 16.7 Å². The first-order valence-electron chi connectivity index (χ1n) is 6.74. The van der Waals surface area contributed by atoms with Crippen LogP contribution in [0.1, 0.15) is 24.4 Å². The van der Waals surface area contributed by atoms with E-state index in [2.05, 4.69) is 5.32 Å². The van der Waals surface area contributed by atoms with Crippen LogP contribution in [0.25, 0.3) is 0 Å². The van der Waals surface area contributed by atoms with E-state index in [-0.39, 0.29) is 5.76 Å². The highest BCUT2D eigenvalue weighted by atomic mass is 16.6. The second kappa shape index (κ2) is 6.75. The number of ether oxygens (including phenoxy) is 1. The molecule has 7 nitrogen and oxygen atoms in total. The number of nitro groups is 1. The molecule has 22 heavy (non-hydrogen) atoms. The molecule has 1 amide bonds. The Hall–Kier alpha value is -2.83. The van der Waals surface area contributed by atoms with Gasteiger partial charge in [0.05, 0.1) is 18.4 Å². The summed E-state index contributed by atoms with van der Waals surface area (Å²) in [5.74, 6) is -0.310. The van der Waals surface area contributed by atoms with Crippen LogP contribution in [0.2, 0.25) is 0 Å². The number of para-hydroxylation sites is 2. The van der Waals surface area contributed by atoms with Crippen LogP contribution in [0, 0.1) is 16.0 Å². The van der Waals surface area contributed by atoms with Crippen molar-refractivity contribution in [2.75, 3.05) is 11.9 Å². The first kappa shape index (κ1) is 15.6. The Morgan fingerprint density at radius 3 is 2.68 bits per heavy atom. The van der Waals surface area contributed by atoms with Gasteiger partial charge >= 0.3 is 5.88 Å². The molecule has 2 rings (SSSR count). The van der Waals surface area contributed by atoms with Crippen molar-refractivity contribution >= 4 is 17.5 Å². The standard InChI is InChI=1S/C15H16N2O5/c1-10(2)9-21-12-6-4-3-5-11(12)16-15(18)13-7-8-14(22-13)17(19)20/h3-8,10H,9H2,1-2H3,(H,16,18). The van der Waals surface area contributed by atoms with Crippen molar-refractivity contribution in [3.05, 3.63) is 52.3 Å². The minimum Gasteiger partial charge on any atom is -0.491 e. The van der Waals surface area contributed by atoms with Crippen LogP contribution in [0.15, 0.2) is 40.8 Å². The smallest absolute Gasteiger partial charge is 0.433 e. The number of amides is 1. The van der Waals surface area contributed by atoms with Crippen LogP contribution in [0.5, 0.6) is 5.75 Å². The molecule has 1 N–H and O–H groups in total. The fourth-order valence-electron chi connectivity index (χ4n) is 1.68. The van der Waals surface area contributed by atoms with Gasteiger partial charge in [0.2, 0.25) is 0 Å². The SMILES string of the molecule is CC(C)COc1ccccc1NC(=O)c1ccc([N+](=O)[O-])o1. The molecular formula is C15H16N2O5. The van der Waals surface area contributed by atoms with E-state index in [1.807, 2.05) is 13.8 Å². The van der Waals surface area contributed by atoms with E-state index in [4.69, 9.17) is 9.15 Å². The Morgan fingerprint density at radius 1 is 1.32 bits per heavy atom. The molecule has 116 valence electrons. The van der Waals surface area contributed by atoms with Gasteiger partial charge in [0, 0.05) is 0 Å². The molecule has 0 radical (unpaired) electrons. The zero-order valence-corrected chi connectivity index (χ0v) is 12.2. The van der Waals surface area contributed by atoms with E-state index in [1.165, 1.54) is 6.07 Å². The Bertz CT molecular complexity index is 678. The third kappa shape index (κ3) is 3.85. The van der Waals surface area contributed by atoms with Gasteiger partial charge in [-0.1, -0.05) is 26.0 Å². The van der Waals surface area contributed by atoms with Crippen LogP contribution in [-0.4, -0.2) is 17.4 Å². The highest BCUT2D eigenvalue weighted by Gasteiger charge is 2.18. The van der Waals surface area contributed by atoms with Crippen molar-refractivity contribution in [3.8, 4) is 5.75 Å². The van der Waals surface area contributed by atoms with Gasteiger partial charge in [0.25, 0.3) is 5.91 Å². The molecule has 0 spiro atoms. The summed E-state index contributed by atoms with van der Waals surface area (Å²) in [6, 6.07) is 9.36. The molecule has 1 aromatic carbocycles. The van der Waals surface area contributed by atoms with Gasteiger partial charge in [-0.25, -0.2) is 0 Å². The normalized spacial score (nSPS) is 10.5. The van der Waals surface area contributed by atoms with Crippen molar-refractivity contribution in [1.82, 2.24) is 0 Å². The first-order valence-corrected chi connectivity index (χ1v) is 6.74. The fraction of sp³-hybridized carbons (Fsp3) is 0.267. The van der Waals surface area contributed by atoms with Gasteiger partial charge < -0.3 is 14.5 Å². The lowest BCUT2D eigenvalue weighted by molar-refractivity contribution is -0.402. The lowest BCUT2D eigenvalue weighted by atomic mass is 10.2. The van der Waals surface area contributed by atoms with Gasteiger partial charge in [-0.15, -0.1) is 0 Å². The quantitative estimate of drug-likeness (QED) is 0.651. The molecule has 0 fully saturated rings. The summed E-state index contributed by atoms with van der Waals surface area (Å²) in [7, 11) is 0. The van der Waals surface area contributed by atoms with Crippen LogP contribution >= 0.6 is 0 Å². The maximum atomic E-state index is 12.1. The molecule has 0 aliphatic carbocycles. The Kier molecular flexibility index (Phi) is 4.77. The molecule has 0 aliphatic heterocycles. The predicted octanol–water partition coefficient (Wildman–Crippen LogP) is 3.47. The van der Waals surface area contributed by atoms with E-state index in [0.717, 1.165) is 6.07 Å². The number of hydrogen-bond donors (Lipinski definition) is 1. The van der Waals surface area contributed by atoms with Crippen molar-refractivity contribution in [1.29, 1.82) is 0 Å². The van der Waals surface area contributed by atoms with Crippen molar-refractivity contribution < 1.29 is 18.9 Å². The van der Waals surface area contributed by atoms with Crippen LogP contribution in [-0.2, 0) is 0 Å². The average molecular weight is 304 g/mol. The summed E-state index contributed by atoms with van der Waals surface area (Å²) in [5, 5.41) is 13.2. The summed E-state index contributed by atoms with van der Waals surface area (Å²) in [6.07, 6.45) is 0. The molecule has 0 bridgehead atoms. The largest absolute Gasteiger partial charge is 0.491 e. The Labute approximate surface area is 127 Å². The first-order chi connectivity index (χ1) is 10.5. The number of hydrogen-bond acceptors (Lipinski definition) is 5. The van der Waals surface area contributed by atoms with Gasteiger partial charge in [0.1, 0.15) is 10.7 Å². The predicted molar refractivity (Wildman–Crippen MR) is 80.1 cm³/mol. The molecular weight excluding hydrogens is 288 g/mol. The third-order valence-electron chi connectivity index (χ3n) is 2.70. The monoisotopic (exact) mass is 304 g/mol. The number of anilines is 1. The van der Waals surface area contributed by atoms with E-state index in [1.54, 1.807) is 24.3 Å². The lowest BCUT2D eigenvalue weighted by Gasteiger charge is -2.13. The van der Waals surface area contributed by atoms with Crippen molar-refractivity contribution in [2.24, 2.45) is 5.92 Å². The van der Waals surface area contributed by atoms with Crippen LogP contribution < -0.4 is 10.1 Å². The summed E-state index contributed by atoms with van der Waals surface area (Å²) < 4.78 is 10.5. The summed E-state index contributed by atoms with van der Waals surface area (Å²) in [6.45, 7) is 4.55. The zero-order chi connectivity index (χ0) is 16.1. The maximum Gasteiger partial charge on any atom is 0.433 e. The molecule has 1 aromatic heterocycles. The molecule has 7 heteroatoms. The highest BCUT2D eigenvalue weighted by Crippen LogP contribution is 2.25. The summed E-state index contributed by atoms with van der Waals surface area (Å²) in [5.41, 5.74) is 0.479.